The number of alkyl halides is 3. The van der Waals surface area contributed by atoms with Crippen LogP contribution in [-0.4, -0.2) is 42.4 Å². The number of fused-ring (bicyclic) bond motifs is 1. The quantitative estimate of drug-likeness (QED) is 0.473. The maximum atomic E-state index is 12.5. The summed E-state index contributed by atoms with van der Waals surface area (Å²) in [5, 5.41) is 1.49. The first-order chi connectivity index (χ1) is 14.4. The van der Waals surface area contributed by atoms with Crippen LogP contribution in [0.1, 0.15) is 12.8 Å². The molecule has 0 amide bonds. The van der Waals surface area contributed by atoms with Crippen LogP contribution in [0.15, 0.2) is 54.6 Å². The number of nitrogens with zero attached hydrogens (tertiary/aromatic N) is 3. The molecular formula is C22H21ClF3N3O. The van der Waals surface area contributed by atoms with E-state index in [2.05, 4.69) is 9.64 Å². The van der Waals surface area contributed by atoms with Gasteiger partial charge in [-0.25, -0.2) is 4.98 Å². The molecule has 8 heteroatoms. The van der Waals surface area contributed by atoms with Gasteiger partial charge in [0.25, 0.3) is 0 Å². The van der Waals surface area contributed by atoms with Crippen molar-refractivity contribution >= 4 is 34.0 Å². The van der Waals surface area contributed by atoms with Crippen LogP contribution in [0, 0.1) is 0 Å². The van der Waals surface area contributed by atoms with Crippen LogP contribution >= 0.6 is 11.6 Å². The summed E-state index contributed by atoms with van der Waals surface area (Å²) in [4.78, 5) is 9.12. The number of hydrogen-bond donors (Lipinski definition) is 0. The molecule has 1 fully saturated rings. The molecule has 0 spiro atoms. The van der Waals surface area contributed by atoms with Crippen molar-refractivity contribution in [2.45, 2.75) is 19.2 Å². The minimum absolute atomic E-state index is 0.250. The number of ether oxygens (including phenoxy) is 1. The van der Waals surface area contributed by atoms with Crippen LogP contribution in [0.4, 0.5) is 24.7 Å². The number of pyridine rings is 1. The maximum absolute atomic E-state index is 12.5. The lowest BCUT2D eigenvalue weighted by Crippen LogP contribution is -2.31. The third-order valence-electron chi connectivity index (χ3n) is 5.15. The second-order valence-corrected chi connectivity index (χ2v) is 7.63. The van der Waals surface area contributed by atoms with Crippen LogP contribution in [-0.2, 0) is 0 Å². The number of likely N-dealkylation sites (tertiary alicyclic amines) is 1. The minimum atomic E-state index is -4.71. The summed E-state index contributed by atoms with van der Waals surface area (Å²) in [7, 11) is 0. The molecule has 1 aliphatic rings. The monoisotopic (exact) mass is 435 g/mol. The molecule has 1 saturated heterocycles. The number of aromatic nitrogens is 1. The van der Waals surface area contributed by atoms with E-state index in [-0.39, 0.29) is 5.75 Å². The van der Waals surface area contributed by atoms with Gasteiger partial charge in [-0.1, -0.05) is 23.7 Å². The van der Waals surface area contributed by atoms with Gasteiger partial charge in [-0.05, 0) is 68.4 Å². The second kappa shape index (κ2) is 8.70. The molecule has 0 saturated carbocycles. The Labute approximate surface area is 177 Å². The number of hydrogen-bond acceptors (Lipinski definition) is 4. The molecule has 0 bridgehead atoms. The van der Waals surface area contributed by atoms with E-state index in [4.69, 9.17) is 16.6 Å². The largest absolute Gasteiger partial charge is 0.573 e. The molecule has 30 heavy (non-hydrogen) atoms. The molecule has 0 atom stereocenters. The number of para-hydroxylation sites is 1. The van der Waals surface area contributed by atoms with Crippen molar-refractivity contribution in [1.29, 1.82) is 0 Å². The van der Waals surface area contributed by atoms with E-state index in [1.165, 1.54) is 25.0 Å². The third kappa shape index (κ3) is 4.96. The van der Waals surface area contributed by atoms with Gasteiger partial charge in [0.15, 0.2) is 0 Å². The molecule has 0 N–H and O–H groups in total. The van der Waals surface area contributed by atoms with Gasteiger partial charge < -0.3 is 14.5 Å². The van der Waals surface area contributed by atoms with Crippen LogP contribution in [0.25, 0.3) is 10.9 Å². The molecule has 3 aromatic rings. The Bertz CT molecular complexity index is 1000. The molecule has 4 rings (SSSR count). The van der Waals surface area contributed by atoms with Crippen molar-refractivity contribution < 1.29 is 17.9 Å². The van der Waals surface area contributed by atoms with E-state index in [1.54, 1.807) is 18.2 Å². The fourth-order valence-corrected chi connectivity index (χ4v) is 3.93. The van der Waals surface area contributed by atoms with Crippen LogP contribution in [0.3, 0.4) is 0 Å². The van der Waals surface area contributed by atoms with E-state index in [0.29, 0.717) is 22.9 Å². The molecule has 1 aliphatic heterocycles. The molecule has 4 nitrogen and oxygen atoms in total. The number of benzene rings is 2. The summed E-state index contributed by atoms with van der Waals surface area (Å²) < 4.78 is 41.5. The fraction of sp³-hybridized carbons (Fsp3) is 0.318. The summed E-state index contributed by atoms with van der Waals surface area (Å²) in [6.45, 7) is 3.61. The Morgan fingerprint density at radius 1 is 1.00 bits per heavy atom. The van der Waals surface area contributed by atoms with Crippen LogP contribution in [0.2, 0.25) is 5.02 Å². The first-order valence-corrected chi connectivity index (χ1v) is 10.2. The Hall–Kier alpha value is -2.51. The summed E-state index contributed by atoms with van der Waals surface area (Å²) in [6, 6.07) is 15.3. The van der Waals surface area contributed by atoms with Gasteiger partial charge in [-0.2, -0.15) is 0 Å². The van der Waals surface area contributed by atoms with Gasteiger partial charge in [0.1, 0.15) is 11.6 Å². The Balaban J connectivity index is 1.64. The van der Waals surface area contributed by atoms with Gasteiger partial charge >= 0.3 is 6.36 Å². The highest BCUT2D eigenvalue weighted by atomic mass is 35.5. The van der Waals surface area contributed by atoms with Crippen LogP contribution < -0.4 is 9.64 Å². The van der Waals surface area contributed by atoms with Gasteiger partial charge in [0, 0.05) is 24.2 Å². The lowest BCUT2D eigenvalue weighted by atomic mass is 10.2. The topological polar surface area (TPSA) is 28.6 Å². The molecule has 158 valence electrons. The lowest BCUT2D eigenvalue weighted by Gasteiger charge is -2.27. The average molecular weight is 436 g/mol. The average Bonchev–Trinajstić information content (AvgIpc) is 3.22. The van der Waals surface area contributed by atoms with E-state index < -0.39 is 6.36 Å². The van der Waals surface area contributed by atoms with E-state index in [9.17, 15) is 13.2 Å². The van der Waals surface area contributed by atoms with Crippen LogP contribution in [0.5, 0.6) is 5.75 Å². The Kier molecular flexibility index (Phi) is 6.01. The van der Waals surface area contributed by atoms with E-state index in [1.807, 2.05) is 29.2 Å². The first kappa shape index (κ1) is 20.8. The first-order valence-electron chi connectivity index (χ1n) is 9.80. The molecule has 0 unspecified atom stereocenters. The summed E-state index contributed by atoms with van der Waals surface area (Å²) in [5.74, 6) is 0.444. The standard InChI is InChI=1S/C22H21ClF3N3O/c23-19-5-3-4-16-6-11-20(27-21(16)19)29(15-14-28-12-1-2-13-28)17-7-9-18(10-8-17)30-22(24,25)26/h3-11H,1-2,12-15H2. The highest BCUT2D eigenvalue weighted by Crippen LogP contribution is 2.31. The number of anilines is 2. The molecule has 1 aromatic heterocycles. The summed E-state index contributed by atoms with van der Waals surface area (Å²) >= 11 is 6.33. The molecule has 0 radical (unpaired) electrons. The van der Waals surface area contributed by atoms with Gasteiger partial charge in [0.2, 0.25) is 0 Å². The molecule has 2 heterocycles. The summed E-state index contributed by atoms with van der Waals surface area (Å²) in [6.07, 6.45) is -2.34. The lowest BCUT2D eigenvalue weighted by molar-refractivity contribution is -0.274. The molecule has 2 aromatic carbocycles. The zero-order chi connectivity index (χ0) is 21.1. The summed E-state index contributed by atoms with van der Waals surface area (Å²) in [5.41, 5.74) is 1.43. The fourth-order valence-electron chi connectivity index (χ4n) is 3.70. The zero-order valence-electron chi connectivity index (χ0n) is 16.2. The van der Waals surface area contributed by atoms with Crippen molar-refractivity contribution in [3.8, 4) is 5.75 Å². The molecule has 0 aliphatic carbocycles. The van der Waals surface area contributed by atoms with E-state index in [0.717, 1.165) is 30.7 Å². The highest BCUT2D eigenvalue weighted by Gasteiger charge is 2.31. The van der Waals surface area contributed by atoms with Gasteiger partial charge in [-0.15, -0.1) is 13.2 Å². The normalized spacial score (nSPS) is 14.9. The van der Waals surface area contributed by atoms with Crippen molar-refractivity contribution in [2.24, 2.45) is 0 Å². The van der Waals surface area contributed by atoms with Crippen molar-refractivity contribution in [3.05, 3.63) is 59.6 Å². The minimum Gasteiger partial charge on any atom is -0.406 e. The van der Waals surface area contributed by atoms with E-state index >= 15 is 0 Å². The number of rotatable bonds is 6. The van der Waals surface area contributed by atoms with Crippen molar-refractivity contribution in [2.75, 3.05) is 31.1 Å². The SMILES string of the molecule is FC(F)(F)Oc1ccc(N(CCN2CCCC2)c2ccc3cccc(Cl)c3n2)cc1. The Morgan fingerprint density at radius 3 is 2.43 bits per heavy atom. The zero-order valence-corrected chi connectivity index (χ0v) is 17.0. The molecular weight excluding hydrogens is 415 g/mol. The van der Waals surface area contributed by atoms with Crippen molar-refractivity contribution in [3.63, 3.8) is 0 Å². The third-order valence-corrected chi connectivity index (χ3v) is 5.46. The van der Waals surface area contributed by atoms with Gasteiger partial charge in [0.05, 0.1) is 10.5 Å². The Morgan fingerprint density at radius 2 is 1.73 bits per heavy atom. The number of halogens is 4. The smallest absolute Gasteiger partial charge is 0.406 e. The van der Waals surface area contributed by atoms with Crippen molar-refractivity contribution in [1.82, 2.24) is 9.88 Å². The second-order valence-electron chi connectivity index (χ2n) is 7.22. The predicted molar refractivity (Wildman–Crippen MR) is 113 cm³/mol. The maximum Gasteiger partial charge on any atom is 0.573 e. The van der Waals surface area contributed by atoms with Gasteiger partial charge in [-0.3, -0.25) is 0 Å². The predicted octanol–water partition coefficient (Wildman–Crippen LogP) is 6.02. The highest BCUT2D eigenvalue weighted by molar-refractivity contribution is 6.35.